The summed E-state index contributed by atoms with van der Waals surface area (Å²) in [5.74, 6) is -0.682. The fourth-order valence-corrected chi connectivity index (χ4v) is 12.9. The van der Waals surface area contributed by atoms with Crippen LogP contribution in [0.3, 0.4) is 0 Å². The number of unbranched alkanes of at least 4 members (excludes halogenated alkanes) is 2. The standard InChI is InChI=1S/3C7H7.C6H12O2.Sn.H/c3*1-7-5-3-2-4-6-7;1-2-3-4-5-6(7)8;;/h3*2-6H,1H2;2-5H2,1H3,(H,7,8);;. The Kier molecular flexibility index (Phi) is 12.0. The Morgan fingerprint density at radius 2 is 1.03 bits per heavy atom. The van der Waals surface area contributed by atoms with Crippen LogP contribution in [0.1, 0.15) is 49.3 Å². The third-order valence-electron chi connectivity index (χ3n) is 5.10. The van der Waals surface area contributed by atoms with Gasteiger partial charge in [0, 0.05) is 6.42 Å². The van der Waals surface area contributed by atoms with Gasteiger partial charge < -0.3 is 5.11 Å². The van der Waals surface area contributed by atoms with Crippen molar-refractivity contribution < 1.29 is 9.90 Å². The summed E-state index contributed by atoms with van der Waals surface area (Å²) in [4.78, 5) is 9.87. The molecule has 0 saturated carbocycles. The summed E-state index contributed by atoms with van der Waals surface area (Å²) >= 11 is -1.70. The van der Waals surface area contributed by atoms with E-state index in [1.54, 1.807) is 0 Å². The summed E-state index contributed by atoms with van der Waals surface area (Å²) in [6.07, 6.45) is 3.28. The van der Waals surface area contributed by atoms with Crippen molar-refractivity contribution in [2.24, 2.45) is 0 Å². The van der Waals surface area contributed by atoms with Crippen molar-refractivity contribution in [2.45, 2.75) is 45.9 Å². The zero-order valence-electron chi connectivity index (χ0n) is 18.0. The zero-order valence-corrected chi connectivity index (χ0v) is 21.3. The van der Waals surface area contributed by atoms with Gasteiger partial charge in [0.2, 0.25) is 0 Å². The van der Waals surface area contributed by atoms with E-state index in [0.717, 1.165) is 19.3 Å². The van der Waals surface area contributed by atoms with Crippen molar-refractivity contribution >= 4 is 25.7 Å². The van der Waals surface area contributed by atoms with Gasteiger partial charge in [0.25, 0.3) is 0 Å². The van der Waals surface area contributed by atoms with E-state index in [4.69, 9.17) is 5.11 Å². The molecule has 0 spiro atoms. The molecule has 0 amide bonds. The van der Waals surface area contributed by atoms with Gasteiger partial charge in [-0.15, -0.1) is 0 Å². The van der Waals surface area contributed by atoms with Gasteiger partial charge in [-0.25, -0.2) is 0 Å². The van der Waals surface area contributed by atoms with Crippen LogP contribution in [0.4, 0.5) is 0 Å². The number of carboxylic acid groups (broad SMARTS) is 1. The van der Waals surface area contributed by atoms with E-state index in [1.807, 2.05) is 0 Å². The molecule has 3 rings (SSSR count). The quantitative estimate of drug-likeness (QED) is 0.261. The monoisotopic (exact) mass is 510 g/mol. The second kappa shape index (κ2) is 14.8. The van der Waals surface area contributed by atoms with Crippen LogP contribution in [-0.2, 0) is 18.1 Å². The third-order valence-corrected chi connectivity index (χ3v) is 14.1. The van der Waals surface area contributed by atoms with Crippen molar-refractivity contribution in [1.29, 1.82) is 0 Å². The van der Waals surface area contributed by atoms with E-state index < -0.39 is 25.7 Å². The third kappa shape index (κ3) is 10.6. The SMILES string of the molecule is CCCCCC(=O)O.c1ccc([CH2][SnH]([CH2]c2ccccc2)[CH2]c2ccccc2)cc1. The van der Waals surface area contributed by atoms with Crippen LogP contribution in [-0.4, -0.2) is 30.8 Å². The molecule has 158 valence electrons. The first kappa shape index (κ1) is 24.2. The molecule has 2 nitrogen and oxygen atoms in total. The Morgan fingerprint density at radius 3 is 1.33 bits per heavy atom. The number of benzene rings is 3. The molecule has 0 unspecified atom stereocenters. The van der Waals surface area contributed by atoms with E-state index in [0.29, 0.717) is 6.42 Å². The van der Waals surface area contributed by atoms with Gasteiger partial charge in [0.1, 0.15) is 0 Å². The molecule has 0 heterocycles. The average molecular weight is 509 g/mol. The fourth-order valence-electron chi connectivity index (χ4n) is 3.59. The molecule has 0 aliphatic heterocycles. The Hall–Kier alpha value is -2.07. The molecular formula is C27H34O2Sn. The molecule has 30 heavy (non-hydrogen) atoms. The second-order valence-electron chi connectivity index (χ2n) is 7.79. The predicted octanol–water partition coefficient (Wildman–Crippen LogP) is 6.21. The van der Waals surface area contributed by atoms with Crippen LogP contribution < -0.4 is 0 Å². The molecule has 0 atom stereocenters. The van der Waals surface area contributed by atoms with Crippen LogP contribution in [0.25, 0.3) is 0 Å². The first-order valence-electron chi connectivity index (χ1n) is 11.0. The minimum absolute atomic E-state index is 0.327. The Labute approximate surface area is 188 Å². The van der Waals surface area contributed by atoms with Crippen LogP contribution in [0.5, 0.6) is 0 Å². The summed E-state index contributed by atoms with van der Waals surface area (Å²) in [5.41, 5.74) is 4.57. The topological polar surface area (TPSA) is 37.3 Å². The van der Waals surface area contributed by atoms with Gasteiger partial charge in [-0.05, 0) is 6.42 Å². The number of hydrogen-bond donors (Lipinski definition) is 1. The Balaban J connectivity index is 0.000000343. The maximum atomic E-state index is 9.87. The number of carboxylic acids is 1. The van der Waals surface area contributed by atoms with Gasteiger partial charge in [-0.2, -0.15) is 0 Å². The van der Waals surface area contributed by atoms with Crippen LogP contribution in [0.15, 0.2) is 91.0 Å². The zero-order chi connectivity index (χ0) is 21.4. The van der Waals surface area contributed by atoms with E-state index >= 15 is 0 Å². The molecule has 0 radical (unpaired) electrons. The van der Waals surface area contributed by atoms with Crippen LogP contribution in [0.2, 0.25) is 0 Å². The van der Waals surface area contributed by atoms with Gasteiger partial charge in [-0.1, -0.05) is 19.8 Å². The van der Waals surface area contributed by atoms with E-state index in [-0.39, 0.29) is 0 Å². The van der Waals surface area contributed by atoms with Crippen molar-refractivity contribution in [3.63, 3.8) is 0 Å². The van der Waals surface area contributed by atoms with Crippen molar-refractivity contribution in [2.75, 3.05) is 0 Å². The summed E-state index contributed by atoms with van der Waals surface area (Å²) in [7, 11) is 0. The fraction of sp³-hybridized carbons (Fsp3) is 0.296. The van der Waals surface area contributed by atoms with Gasteiger partial charge >= 0.3 is 147 Å². The van der Waals surface area contributed by atoms with Crippen molar-refractivity contribution in [3.05, 3.63) is 108 Å². The molecule has 0 fully saturated rings. The number of aliphatic carboxylic acids is 1. The van der Waals surface area contributed by atoms with Gasteiger partial charge in [-0.3, -0.25) is 4.79 Å². The first-order valence-corrected chi connectivity index (χ1v) is 18.0. The first-order chi connectivity index (χ1) is 14.7. The second-order valence-corrected chi connectivity index (χ2v) is 16.2. The normalized spacial score (nSPS) is 10.3. The minimum atomic E-state index is -1.70. The van der Waals surface area contributed by atoms with Crippen LogP contribution >= 0.6 is 0 Å². The van der Waals surface area contributed by atoms with E-state index in [1.165, 1.54) is 30.0 Å². The number of hydrogen-bond acceptors (Lipinski definition) is 1. The Morgan fingerprint density at radius 1 is 0.667 bits per heavy atom. The van der Waals surface area contributed by atoms with Gasteiger partial charge in [0.15, 0.2) is 0 Å². The molecule has 0 bridgehead atoms. The average Bonchev–Trinajstić information content (AvgIpc) is 2.76. The Bertz CT molecular complexity index is 721. The van der Waals surface area contributed by atoms with E-state index in [2.05, 4.69) is 97.9 Å². The molecule has 3 heteroatoms. The number of carbonyl (C=O) groups is 1. The van der Waals surface area contributed by atoms with Crippen molar-refractivity contribution in [3.8, 4) is 0 Å². The molecule has 3 aromatic rings. The summed E-state index contributed by atoms with van der Waals surface area (Å²) in [6, 6.07) is 33.1. The van der Waals surface area contributed by atoms with E-state index in [9.17, 15) is 4.79 Å². The maximum absolute atomic E-state index is 9.87. The molecular weight excluding hydrogens is 475 g/mol. The summed E-state index contributed by atoms with van der Waals surface area (Å²) < 4.78 is 4.02. The van der Waals surface area contributed by atoms with Crippen LogP contribution in [0, 0.1) is 0 Å². The predicted molar refractivity (Wildman–Crippen MR) is 129 cm³/mol. The molecule has 0 aliphatic carbocycles. The van der Waals surface area contributed by atoms with Gasteiger partial charge in [0.05, 0.1) is 0 Å². The molecule has 3 aromatic carbocycles. The molecule has 0 aliphatic rings. The number of rotatable bonds is 10. The summed E-state index contributed by atoms with van der Waals surface area (Å²) in [5, 5.41) is 8.14. The molecule has 0 aromatic heterocycles. The van der Waals surface area contributed by atoms with Crippen molar-refractivity contribution in [1.82, 2.24) is 0 Å². The molecule has 0 saturated heterocycles. The summed E-state index contributed by atoms with van der Waals surface area (Å²) in [6.45, 7) is 2.06. The molecule has 1 N–H and O–H groups in total.